The van der Waals surface area contributed by atoms with Gasteiger partial charge in [0, 0.05) is 18.0 Å². The lowest BCUT2D eigenvalue weighted by atomic mass is 10.0. The third kappa shape index (κ3) is 1.71. The second-order valence-corrected chi connectivity index (χ2v) is 3.42. The number of fused-ring (bicyclic) bond motifs is 1. The van der Waals surface area contributed by atoms with Gasteiger partial charge >= 0.3 is 5.97 Å². The van der Waals surface area contributed by atoms with Crippen molar-refractivity contribution in [1.82, 2.24) is 0 Å². The van der Waals surface area contributed by atoms with Crippen LogP contribution in [0.1, 0.15) is 28.4 Å². The quantitative estimate of drug-likeness (QED) is 0.674. The molecule has 0 fully saturated rings. The van der Waals surface area contributed by atoms with Crippen molar-refractivity contribution < 1.29 is 24.2 Å². The van der Waals surface area contributed by atoms with Crippen molar-refractivity contribution in [3.63, 3.8) is 0 Å². The highest BCUT2D eigenvalue weighted by Gasteiger charge is 2.31. The number of ether oxygens (including phenoxy) is 2. The number of carbonyl (C=O) groups is 2. The minimum absolute atomic E-state index is 0.328. The van der Waals surface area contributed by atoms with E-state index < -0.39 is 18.0 Å². The lowest BCUT2D eigenvalue weighted by Crippen LogP contribution is -2.24. The molecule has 0 N–H and O–H groups in total. The maximum absolute atomic E-state index is 11.4. The van der Waals surface area contributed by atoms with Crippen LogP contribution in [0.2, 0.25) is 0 Å². The summed E-state index contributed by atoms with van der Waals surface area (Å²) < 4.78 is 9.89. The van der Waals surface area contributed by atoms with Crippen LogP contribution in [0.3, 0.4) is 0 Å². The Labute approximate surface area is 91.6 Å². The van der Waals surface area contributed by atoms with Crippen molar-refractivity contribution in [2.24, 2.45) is 0 Å². The largest absolute Gasteiger partial charge is 0.550 e. The number of cyclic esters (lactones) is 1. The van der Waals surface area contributed by atoms with E-state index in [0.717, 1.165) is 0 Å². The zero-order valence-corrected chi connectivity index (χ0v) is 8.56. The molecular weight excluding hydrogens is 212 g/mol. The van der Waals surface area contributed by atoms with Crippen LogP contribution in [0.4, 0.5) is 0 Å². The molecule has 1 aromatic carbocycles. The molecule has 1 aliphatic rings. The van der Waals surface area contributed by atoms with Crippen LogP contribution in [0.15, 0.2) is 18.2 Å². The summed E-state index contributed by atoms with van der Waals surface area (Å²) in [7, 11) is 1.49. The molecule has 0 saturated carbocycles. The number of hydrogen-bond acceptors (Lipinski definition) is 5. The maximum Gasteiger partial charge on any atom is 0.339 e. The molecular formula is C11H9O5-. The number of rotatable bonds is 3. The minimum atomic E-state index is -1.25. The van der Waals surface area contributed by atoms with Crippen LogP contribution < -0.4 is 9.84 Å². The summed E-state index contributed by atoms with van der Waals surface area (Å²) in [5.41, 5.74) is 0.917. The van der Waals surface area contributed by atoms with Gasteiger partial charge in [0.15, 0.2) is 0 Å². The van der Waals surface area contributed by atoms with E-state index in [1.54, 1.807) is 12.1 Å². The summed E-state index contributed by atoms with van der Waals surface area (Å²) in [6.07, 6.45) is -1.08. The van der Waals surface area contributed by atoms with Gasteiger partial charge in [0.2, 0.25) is 0 Å². The molecule has 1 aliphatic heterocycles. The molecule has 0 saturated heterocycles. The first-order valence-electron chi connectivity index (χ1n) is 4.70. The van der Waals surface area contributed by atoms with Gasteiger partial charge in [-0.25, -0.2) is 4.79 Å². The molecule has 1 heterocycles. The summed E-state index contributed by atoms with van der Waals surface area (Å²) >= 11 is 0. The molecule has 0 unspecified atom stereocenters. The fourth-order valence-electron chi connectivity index (χ4n) is 1.68. The van der Waals surface area contributed by atoms with Crippen LogP contribution in [-0.2, 0) is 9.53 Å². The molecule has 0 amide bonds. The highest BCUT2D eigenvalue weighted by atomic mass is 16.5. The van der Waals surface area contributed by atoms with Crippen LogP contribution in [-0.4, -0.2) is 19.0 Å². The average molecular weight is 221 g/mol. The Bertz CT molecular complexity index is 452. The average Bonchev–Trinajstić information content (AvgIpc) is 2.54. The Morgan fingerprint density at radius 1 is 1.56 bits per heavy atom. The second-order valence-electron chi connectivity index (χ2n) is 3.42. The van der Waals surface area contributed by atoms with Gasteiger partial charge in [0.1, 0.15) is 11.9 Å². The van der Waals surface area contributed by atoms with Crippen LogP contribution in [0.5, 0.6) is 5.75 Å². The molecule has 2 rings (SSSR count). The predicted octanol–water partition coefficient (Wildman–Crippen LogP) is 0.0467. The Balaban J connectivity index is 2.36. The van der Waals surface area contributed by atoms with Gasteiger partial charge in [-0.1, -0.05) is 6.07 Å². The number of carboxylic acids is 1. The third-order valence-electron chi connectivity index (χ3n) is 2.43. The van der Waals surface area contributed by atoms with Gasteiger partial charge in [-0.05, 0) is 12.1 Å². The second kappa shape index (κ2) is 3.84. The first kappa shape index (κ1) is 10.5. The molecule has 5 heteroatoms. The molecule has 0 bridgehead atoms. The predicted molar refractivity (Wildman–Crippen MR) is 50.8 cm³/mol. The lowest BCUT2D eigenvalue weighted by molar-refractivity contribution is -0.307. The summed E-state index contributed by atoms with van der Waals surface area (Å²) in [6, 6.07) is 4.82. The molecule has 0 aromatic heterocycles. The Kier molecular flexibility index (Phi) is 2.52. The monoisotopic (exact) mass is 221 g/mol. The zero-order valence-electron chi connectivity index (χ0n) is 8.56. The first-order chi connectivity index (χ1) is 7.61. The first-order valence-corrected chi connectivity index (χ1v) is 4.70. The summed E-state index contributed by atoms with van der Waals surface area (Å²) in [6.45, 7) is 0. The highest BCUT2D eigenvalue weighted by Crippen LogP contribution is 2.34. The van der Waals surface area contributed by atoms with E-state index in [1.807, 2.05) is 0 Å². The SMILES string of the molecule is COc1ccc2c(c1)C(=O)O[C@H]2CC(=O)[O-]. The van der Waals surface area contributed by atoms with E-state index >= 15 is 0 Å². The van der Waals surface area contributed by atoms with Crippen molar-refractivity contribution in [1.29, 1.82) is 0 Å². The van der Waals surface area contributed by atoms with Gasteiger partial charge in [0.25, 0.3) is 0 Å². The Morgan fingerprint density at radius 3 is 2.94 bits per heavy atom. The summed E-state index contributed by atoms with van der Waals surface area (Å²) in [5, 5.41) is 10.5. The van der Waals surface area contributed by atoms with E-state index in [2.05, 4.69) is 0 Å². The minimum Gasteiger partial charge on any atom is -0.550 e. The molecule has 0 aliphatic carbocycles. The molecule has 0 radical (unpaired) electrons. The van der Waals surface area contributed by atoms with E-state index in [-0.39, 0.29) is 6.42 Å². The summed E-state index contributed by atoms with van der Waals surface area (Å²) in [4.78, 5) is 21.9. The molecule has 0 spiro atoms. The van der Waals surface area contributed by atoms with E-state index in [4.69, 9.17) is 9.47 Å². The molecule has 16 heavy (non-hydrogen) atoms. The van der Waals surface area contributed by atoms with Gasteiger partial charge in [-0.3, -0.25) is 0 Å². The van der Waals surface area contributed by atoms with Gasteiger partial charge in [0.05, 0.1) is 12.7 Å². The smallest absolute Gasteiger partial charge is 0.339 e. The van der Waals surface area contributed by atoms with Crippen LogP contribution >= 0.6 is 0 Å². The zero-order chi connectivity index (χ0) is 11.7. The molecule has 5 nitrogen and oxygen atoms in total. The van der Waals surface area contributed by atoms with Crippen LogP contribution in [0, 0.1) is 0 Å². The lowest BCUT2D eigenvalue weighted by Gasteiger charge is -2.10. The number of hydrogen-bond donors (Lipinski definition) is 0. The highest BCUT2D eigenvalue weighted by molar-refractivity contribution is 5.95. The van der Waals surface area contributed by atoms with E-state index in [1.165, 1.54) is 13.2 Å². The van der Waals surface area contributed by atoms with Crippen molar-refractivity contribution in [2.45, 2.75) is 12.5 Å². The van der Waals surface area contributed by atoms with Crippen molar-refractivity contribution in [3.8, 4) is 5.75 Å². The number of benzene rings is 1. The Hall–Kier alpha value is -2.04. The number of aliphatic carboxylic acids is 1. The molecule has 84 valence electrons. The van der Waals surface area contributed by atoms with Crippen molar-refractivity contribution in [2.75, 3.05) is 7.11 Å². The standard InChI is InChI=1S/C11H10O5/c1-15-6-2-3-7-8(4-6)11(14)16-9(7)5-10(12)13/h2-4,9H,5H2,1H3,(H,12,13)/p-1/t9-/m0/s1. The van der Waals surface area contributed by atoms with Gasteiger partial charge in [-0.2, -0.15) is 0 Å². The van der Waals surface area contributed by atoms with E-state index in [0.29, 0.717) is 16.9 Å². The maximum atomic E-state index is 11.4. The topological polar surface area (TPSA) is 75.7 Å². The van der Waals surface area contributed by atoms with Gasteiger partial charge < -0.3 is 19.4 Å². The molecule has 1 aromatic rings. The molecule has 1 atom stereocenters. The van der Waals surface area contributed by atoms with Crippen molar-refractivity contribution in [3.05, 3.63) is 29.3 Å². The van der Waals surface area contributed by atoms with E-state index in [9.17, 15) is 14.7 Å². The Morgan fingerprint density at radius 2 is 2.31 bits per heavy atom. The third-order valence-corrected chi connectivity index (χ3v) is 2.43. The summed E-state index contributed by atoms with van der Waals surface area (Å²) in [5.74, 6) is -1.24. The number of carbonyl (C=O) groups excluding carboxylic acids is 2. The fourth-order valence-corrected chi connectivity index (χ4v) is 1.68. The number of carboxylic acid groups (broad SMARTS) is 1. The van der Waals surface area contributed by atoms with Crippen molar-refractivity contribution >= 4 is 11.9 Å². The number of esters is 1. The van der Waals surface area contributed by atoms with Crippen LogP contribution in [0.25, 0.3) is 0 Å². The fraction of sp³-hybridized carbons (Fsp3) is 0.273. The normalized spacial score (nSPS) is 17.8. The van der Waals surface area contributed by atoms with Gasteiger partial charge in [-0.15, -0.1) is 0 Å². The number of methoxy groups -OCH3 is 1.